The maximum atomic E-state index is 11.2. The lowest BCUT2D eigenvalue weighted by Crippen LogP contribution is -2.39. The molecule has 4 nitrogen and oxygen atoms in total. The van der Waals surface area contributed by atoms with Crippen LogP contribution in [0.4, 0.5) is 32.0 Å². The Bertz CT molecular complexity index is 512. The van der Waals surface area contributed by atoms with Crippen LogP contribution in [0.5, 0.6) is 0 Å². The van der Waals surface area contributed by atoms with Gasteiger partial charge in [0.1, 0.15) is 0 Å². The van der Waals surface area contributed by atoms with Gasteiger partial charge < -0.3 is 5.32 Å². The molecule has 0 radical (unpaired) electrons. The van der Waals surface area contributed by atoms with Crippen molar-refractivity contribution in [3.63, 3.8) is 0 Å². The van der Waals surface area contributed by atoms with Gasteiger partial charge in [-0.15, -0.1) is 0 Å². The quantitative estimate of drug-likeness (QED) is 0.670. The summed E-state index contributed by atoms with van der Waals surface area (Å²) in [5.41, 5.74) is 0.843. The molecule has 22 heavy (non-hydrogen) atoms. The van der Waals surface area contributed by atoms with E-state index in [1.54, 1.807) is 0 Å². The molecule has 1 amide bonds. The first-order valence-electron chi connectivity index (χ1n) is 5.41. The second-order valence-corrected chi connectivity index (χ2v) is 3.70. The minimum absolute atomic E-state index is 0.0359. The molecular formula is C12H9F6NO3. The van der Waals surface area contributed by atoms with E-state index in [1.165, 1.54) is 6.92 Å². The van der Waals surface area contributed by atoms with E-state index in [9.17, 15) is 40.7 Å². The summed E-state index contributed by atoms with van der Waals surface area (Å²) in [4.78, 5) is 29.7. The number of rotatable bonds is 2. The zero-order chi connectivity index (χ0) is 17.6. The Morgan fingerprint density at radius 1 is 0.818 bits per heavy atom. The van der Waals surface area contributed by atoms with Crippen LogP contribution in [0.25, 0.3) is 0 Å². The zero-order valence-corrected chi connectivity index (χ0v) is 10.9. The van der Waals surface area contributed by atoms with Crippen molar-refractivity contribution in [2.24, 2.45) is 0 Å². The van der Waals surface area contributed by atoms with Crippen LogP contribution in [-0.2, 0) is 14.4 Å². The van der Waals surface area contributed by atoms with Crippen LogP contribution in [0.1, 0.15) is 6.92 Å². The molecule has 0 aliphatic carbocycles. The summed E-state index contributed by atoms with van der Waals surface area (Å²) in [7, 11) is 0. The van der Waals surface area contributed by atoms with Gasteiger partial charge in [0, 0.05) is 12.6 Å². The third kappa shape index (κ3) is 7.41. The summed E-state index contributed by atoms with van der Waals surface area (Å²) in [6, 6.07) is 9.37. The summed E-state index contributed by atoms with van der Waals surface area (Å²) in [5.74, 6) is -6.85. The molecule has 0 fully saturated rings. The van der Waals surface area contributed by atoms with Crippen LogP contribution >= 0.6 is 0 Å². The number of amides is 1. The first-order valence-corrected chi connectivity index (χ1v) is 5.41. The monoisotopic (exact) mass is 329 g/mol. The van der Waals surface area contributed by atoms with E-state index in [0.717, 1.165) is 5.69 Å². The van der Waals surface area contributed by atoms with Gasteiger partial charge in [0.2, 0.25) is 5.91 Å². The Morgan fingerprint density at radius 3 is 1.45 bits per heavy atom. The van der Waals surface area contributed by atoms with Gasteiger partial charge in [-0.05, 0) is 12.1 Å². The van der Waals surface area contributed by atoms with Crippen LogP contribution in [-0.4, -0.2) is 29.8 Å². The number of carbonyl (C=O) groups is 3. The fourth-order valence-electron chi connectivity index (χ4n) is 0.982. The molecule has 1 N–H and O–H groups in total. The highest BCUT2D eigenvalue weighted by atomic mass is 19.4. The number of hydrogen-bond acceptors (Lipinski definition) is 3. The minimum Gasteiger partial charge on any atom is -0.326 e. The van der Waals surface area contributed by atoms with E-state index < -0.39 is 23.9 Å². The molecule has 0 heterocycles. The molecule has 1 aromatic rings. The third-order valence-electron chi connectivity index (χ3n) is 1.82. The molecule has 1 rings (SSSR count). The number of Topliss-reactive ketones (excluding diaryl/α,β-unsaturated/α-hetero) is 2. The molecule has 0 bridgehead atoms. The lowest BCUT2D eigenvalue weighted by atomic mass is 10.2. The number of alkyl halides is 6. The molecule has 0 aliphatic heterocycles. The molecule has 0 unspecified atom stereocenters. The minimum atomic E-state index is -5.77. The van der Waals surface area contributed by atoms with Crippen LogP contribution in [0.2, 0.25) is 0 Å². The smallest absolute Gasteiger partial charge is 0.326 e. The predicted molar refractivity (Wildman–Crippen MR) is 62.9 cm³/mol. The first kappa shape index (κ1) is 19.6. The van der Waals surface area contributed by atoms with Crippen LogP contribution in [0.3, 0.4) is 0 Å². The molecule has 10 heteroatoms. The Balaban J connectivity index is 0.000000406. The summed E-state index contributed by atoms with van der Waals surface area (Å²) in [5, 5.41) is 2.67. The lowest BCUT2D eigenvalue weighted by Gasteiger charge is -2.05. The number of hydrogen-bond donors (Lipinski definition) is 1. The zero-order valence-electron chi connectivity index (χ0n) is 10.9. The summed E-state index contributed by atoms with van der Waals surface area (Å²) in [6.45, 7) is 1.49. The number of benzene rings is 1. The van der Waals surface area contributed by atoms with Crippen molar-refractivity contribution in [3.05, 3.63) is 30.3 Å². The summed E-state index contributed by atoms with van der Waals surface area (Å²) < 4.78 is 67.0. The number of ketones is 2. The maximum Gasteiger partial charge on any atom is 0.458 e. The molecule has 1 aromatic carbocycles. The topological polar surface area (TPSA) is 63.2 Å². The number of carbonyl (C=O) groups excluding carboxylic acids is 3. The summed E-state index contributed by atoms with van der Waals surface area (Å²) in [6.07, 6.45) is -11.5. The van der Waals surface area contributed by atoms with Crippen molar-refractivity contribution < 1.29 is 40.7 Å². The van der Waals surface area contributed by atoms with E-state index in [4.69, 9.17) is 0 Å². The number of halogens is 6. The van der Waals surface area contributed by atoms with Crippen molar-refractivity contribution >= 4 is 23.2 Å². The number of para-hydroxylation sites is 1. The lowest BCUT2D eigenvalue weighted by molar-refractivity contribution is -0.193. The molecule has 0 saturated heterocycles. The van der Waals surface area contributed by atoms with Crippen LogP contribution in [0, 0.1) is 0 Å². The van der Waals surface area contributed by atoms with Gasteiger partial charge in [-0.2, -0.15) is 26.3 Å². The van der Waals surface area contributed by atoms with Gasteiger partial charge in [0.05, 0.1) is 0 Å². The predicted octanol–water partition coefficient (Wildman–Crippen LogP) is 2.89. The second-order valence-electron chi connectivity index (χ2n) is 3.70. The molecule has 0 spiro atoms. The molecule has 0 aromatic heterocycles. The van der Waals surface area contributed by atoms with Gasteiger partial charge in [-0.25, -0.2) is 0 Å². The Kier molecular flexibility index (Phi) is 6.75. The Labute approximate surface area is 120 Å². The van der Waals surface area contributed by atoms with E-state index in [0.29, 0.717) is 0 Å². The second kappa shape index (κ2) is 7.57. The average molecular weight is 329 g/mol. The summed E-state index contributed by atoms with van der Waals surface area (Å²) >= 11 is 0. The Hall–Kier alpha value is -2.39. The highest BCUT2D eigenvalue weighted by Gasteiger charge is 2.54. The SMILES string of the molecule is CC(=O)Nc1ccccc1.O=C(C(=O)C(F)(F)F)C(F)(F)F. The number of anilines is 1. The van der Waals surface area contributed by atoms with E-state index in [1.807, 2.05) is 30.3 Å². The fourth-order valence-corrected chi connectivity index (χ4v) is 0.982. The highest BCUT2D eigenvalue weighted by molar-refractivity contribution is 6.41. The van der Waals surface area contributed by atoms with Crippen molar-refractivity contribution in [3.8, 4) is 0 Å². The molecule has 0 aliphatic rings. The number of nitrogens with one attached hydrogen (secondary N) is 1. The van der Waals surface area contributed by atoms with Gasteiger partial charge in [-0.1, -0.05) is 18.2 Å². The van der Waals surface area contributed by atoms with E-state index in [-0.39, 0.29) is 5.91 Å². The van der Waals surface area contributed by atoms with Crippen molar-refractivity contribution in [2.75, 3.05) is 5.32 Å². The van der Waals surface area contributed by atoms with E-state index in [2.05, 4.69) is 5.32 Å². The standard InChI is InChI=1S/C8H9NO.C4F6O2/c1-7(10)9-8-5-3-2-4-6-8;5-3(6,7)1(11)2(12)4(8,9)10/h2-6H,1H3,(H,9,10);. The third-order valence-corrected chi connectivity index (χ3v) is 1.82. The molecule has 0 atom stereocenters. The molecular weight excluding hydrogens is 320 g/mol. The average Bonchev–Trinajstić information content (AvgIpc) is 2.36. The van der Waals surface area contributed by atoms with Crippen molar-refractivity contribution in [1.82, 2.24) is 0 Å². The van der Waals surface area contributed by atoms with Crippen LogP contribution in [0.15, 0.2) is 30.3 Å². The van der Waals surface area contributed by atoms with Crippen molar-refractivity contribution in [1.29, 1.82) is 0 Å². The van der Waals surface area contributed by atoms with Crippen LogP contribution < -0.4 is 5.32 Å². The van der Waals surface area contributed by atoms with Gasteiger partial charge in [0.25, 0.3) is 0 Å². The van der Waals surface area contributed by atoms with Gasteiger partial charge in [0.15, 0.2) is 0 Å². The largest absolute Gasteiger partial charge is 0.458 e. The molecule has 122 valence electrons. The fraction of sp³-hybridized carbons (Fsp3) is 0.250. The van der Waals surface area contributed by atoms with Crippen molar-refractivity contribution in [2.45, 2.75) is 19.3 Å². The van der Waals surface area contributed by atoms with Gasteiger partial charge >= 0.3 is 23.9 Å². The van der Waals surface area contributed by atoms with E-state index >= 15 is 0 Å². The maximum absolute atomic E-state index is 11.2. The highest BCUT2D eigenvalue weighted by Crippen LogP contribution is 2.23. The van der Waals surface area contributed by atoms with Gasteiger partial charge in [-0.3, -0.25) is 14.4 Å². The normalized spacial score (nSPS) is 11.0. The Morgan fingerprint density at radius 2 is 1.18 bits per heavy atom. The first-order chi connectivity index (χ1) is 9.85. The molecule has 0 saturated carbocycles.